The Hall–Kier alpha value is -1.95. The van der Waals surface area contributed by atoms with E-state index in [1.807, 2.05) is 6.20 Å². The lowest BCUT2D eigenvalue weighted by Crippen LogP contribution is -2.34. The second kappa shape index (κ2) is 8.38. The minimum absolute atomic E-state index is 0.633. The molecule has 1 saturated heterocycles. The smallest absolute Gasteiger partial charge is 0.241 e. The third kappa shape index (κ3) is 4.49. The quantitative estimate of drug-likeness (QED) is 0.790. The number of rotatable bonds is 5. The maximum Gasteiger partial charge on any atom is 0.241 e. The number of hydrogen-bond donors (Lipinski definition) is 0. The zero-order valence-corrected chi connectivity index (χ0v) is 16.6. The lowest BCUT2D eigenvalue weighted by Gasteiger charge is -2.31. The molecule has 0 N–H and O–H groups in total. The highest BCUT2D eigenvalue weighted by molar-refractivity contribution is 5.55. The number of hydrogen-bond acceptors (Lipinski definition) is 6. The molecule has 2 aliphatic rings. The normalized spacial score (nSPS) is 21.7. The predicted octanol–water partition coefficient (Wildman–Crippen LogP) is 4.13. The van der Waals surface area contributed by atoms with E-state index < -0.39 is 0 Å². The lowest BCUT2D eigenvalue weighted by atomic mass is 9.94. The molecule has 146 valence electrons. The summed E-state index contributed by atoms with van der Waals surface area (Å²) in [5.41, 5.74) is 0.916. The monoisotopic (exact) mass is 369 g/mol. The van der Waals surface area contributed by atoms with Crippen LogP contribution in [-0.2, 0) is 6.54 Å². The summed E-state index contributed by atoms with van der Waals surface area (Å²) in [6.45, 7) is 5.21. The van der Waals surface area contributed by atoms with E-state index in [1.54, 1.807) is 0 Å². The molecule has 6 nitrogen and oxygen atoms in total. The zero-order chi connectivity index (χ0) is 18.6. The van der Waals surface area contributed by atoms with Gasteiger partial charge in [-0.2, -0.15) is 4.98 Å². The van der Waals surface area contributed by atoms with Crippen LogP contribution in [-0.4, -0.2) is 46.2 Å². The fourth-order valence-electron chi connectivity index (χ4n) is 4.40. The first-order valence-corrected chi connectivity index (χ1v) is 10.4. The van der Waals surface area contributed by atoms with Gasteiger partial charge in [0.15, 0.2) is 0 Å². The molecular weight excluding hydrogens is 338 g/mol. The molecule has 0 amide bonds. The molecule has 2 aromatic rings. The fourth-order valence-corrected chi connectivity index (χ4v) is 4.40. The second-order valence-electron chi connectivity index (χ2n) is 8.32. The maximum absolute atomic E-state index is 5.50. The molecule has 27 heavy (non-hydrogen) atoms. The standard InChI is InChI=1S/C21H31N5O/c1-16-7-6-12-26(14-16)19-11-10-17(13-22-19)21-23-20(27-24-21)15-25(2)18-8-4-3-5-9-18/h10-11,13,16,18H,3-9,12,14-15H2,1-2H3/t16-/m0/s1. The summed E-state index contributed by atoms with van der Waals surface area (Å²) in [5.74, 6) is 3.10. The van der Waals surface area contributed by atoms with Gasteiger partial charge in [0.1, 0.15) is 5.82 Å². The van der Waals surface area contributed by atoms with Crippen molar-refractivity contribution in [3.05, 3.63) is 24.2 Å². The van der Waals surface area contributed by atoms with Crippen LogP contribution in [0.4, 0.5) is 5.82 Å². The van der Waals surface area contributed by atoms with Crippen molar-refractivity contribution in [2.75, 3.05) is 25.0 Å². The summed E-state index contributed by atoms with van der Waals surface area (Å²) in [6, 6.07) is 4.78. The molecule has 1 aliphatic heterocycles. The van der Waals surface area contributed by atoms with E-state index in [9.17, 15) is 0 Å². The first-order valence-electron chi connectivity index (χ1n) is 10.4. The molecule has 3 heterocycles. The summed E-state index contributed by atoms with van der Waals surface area (Å²) in [6.07, 6.45) is 11.0. The van der Waals surface area contributed by atoms with E-state index in [-0.39, 0.29) is 0 Å². The Kier molecular flexibility index (Phi) is 5.72. The number of anilines is 1. The van der Waals surface area contributed by atoms with Gasteiger partial charge in [-0.05, 0) is 50.8 Å². The molecule has 0 unspecified atom stereocenters. The van der Waals surface area contributed by atoms with Crippen molar-refractivity contribution in [2.24, 2.45) is 5.92 Å². The molecule has 6 heteroatoms. The molecule has 4 rings (SSSR count). The molecule has 2 aromatic heterocycles. The van der Waals surface area contributed by atoms with Gasteiger partial charge in [0.2, 0.25) is 11.7 Å². The van der Waals surface area contributed by atoms with Crippen molar-refractivity contribution in [1.82, 2.24) is 20.0 Å². The number of piperidine rings is 1. The highest BCUT2D eigenvalue weighted by Gasteiger charge is 2.21. The first-order chi connectivity index (χ1) is 13.2. The number of pyridine rings is 1. The highest BCUT2D eigenvalue weighted by Crippen LogP contribution is 2.25. The van der Waals surface area contributed by atoms with E-state index in [4.69, 9.17) is 4.52 Å². The van der Waals surface area contributed by atoms with Crippen molar-refractivity contribution in [1.29, 1.82) is 0 Å². The molecular formula is C21H31N5O. The van der Waals surface area contributed by atoms with Gasteiger partial charge in [0, 0.05) is 30.9 Å². The van der Waals surface area contributed by atoms with Gasteiger partial charge < -0.3 is 9.42 Å². The Bertz CT molecular complexity index is 722. The van der Waals surface area contributed by atoms with Crippen LogP contribution in [0.3, 0.4) is 0 Å². The van der Waals surface area contributed by atoms with Crippen LogP contribution in [0.15, 0.2) is 22.9 Å². The Morgan fingerprint density at radius 2 is 2.00 bits per heavy atom. The van der Waals surface area contributed by atoms with E-state index in [0.29, 0.717) is 17.8 Å². The van der Waals surface area contributed by atoms with Gasteiger partial charge in [0.05, 0.1) is 6.54 Å². The minimum Gasteiger partial charge on any atom is -0.356 e. The largest absolute Gasteiger partial charge is 0.356 e. The fraction of sp³-hybridized carbons (Fsp3) is 0.667. The van der Waals surface area contributed by atoms with E-state index in [2.05, 4.69) is 51.0 Å². The SMILES string of the molecule is C[C@H]1CCCN(c2ccc(-c3noc(CN(C)C4CCCCC4)n3)cn2)C1. The van der Waals surface area contributed by atoms with Crippen LogP contribution in [0.1, 0.15) is 57.8 Å². The van der Waals surface area contributed by atoms with Gasteiger partial charge in [-0.1, -0.05) is 31.3 Å². The predicted molar refractivity (Wildman–Crippen MR) is 106 cm³/mol. The molecule has 0 radical (unpaired) electrons. The van der Waals surface area contributed by atoms with Gasteiger partial charge in [0.25, 0.3) is 0 Å². The topological polar surface area (TPSA) is 58.3 Å². The van der Waals surface area contributed by atoms with Crippen LogP contribution >= 0.6 is 0 Å². The van der Waals surface area contributed by atoms with Crippen LogP contribution in [0.25, 0.3) is 11.4 Å². The molecule has 0 aromatic carbocycles. The van der Waals surface area contributed by atoms with Gasteiger partial charge in [-0.25, -0.2) is 4.98 Å². The van der Waals surface area contributed by atoms with Gasteiger partial charge in [-0.3, -0.25) is 4.90 Å². The average Bonchev–Trinajstić information content (AvgIpc) is 3.17. The molecule has 2 fully saturated rings. The van der Waals surface area contributed by atoms with Gasteiger partial charge >= 0.3 is 0 Å². The maximum atomic E-state index is 5.50. The van der Waals surface area contributed by atoms with Gasteiger partial charge in [-0.15, -0.1) is 0 Å². The molecule has 1 saturated carbocycles. The Morgan fingerprint density at radius 1 is 1.15 bits per heavy atom. The first kappa shape index (κ1) is 18.4. The summed E-state index contributed by atoms with van der Waals surface area (Å²) in [4.78, 5) is 14.0. The van der Waals surface area contributed by atoms with Crippen LogP contribution < -0.4 is 4.90 Å². The van der Waals surface area contributed by atoms with E-state index in [1.165, 1.54) is 44.9 Å². The van der Waals surface area contributed by atoms with Crippen molar-refractivity contribution < 1.29 is 4.52 Å². The third-order valence-corrected chi connectivity index (χ3v) is 6.04. The summed E-state index contributed by atoms with van der Waals surface area (Å²) in [5, 5.41) is 4.17. The highest BCUT2D eigenvalue weighted by atomic mass is 16.5. The molecule has 0 spiro atoms. The Balaban J connectivity index is 1.39. The van der Waals surface area contributed by atoms with E-state index >= 15 is 0 Å². The van der Waals surface area contributed by atoms with Crippen LogP contribution in [0, 0.1) is 5.92 Å². The van der Waals surface area contributed by atoms with Crippen molar-refractivity contribution in [2.45, 2.75) is 64.5 Å². The molecule has 1 aliphatic carbocycles. The lowest BCUT2D eigenvalue weighted by molar-refractivity contribution is 0.165. The third-order valence-electron chi connectivity index (χ3n) is 6.04. The second-order valence-corrected chi connectivity index (χ2v) is 8.32. The number of aromatic nitrogens is 3. The minimum atomic E-state index is 0.633. The number of nitrogens with zero attached hydrogens (tertiary/aromatic N) is 5. The summed E-state index contributed by atoms with van der Waals surface area (Å²) in [7, 11) is 2.16. The summed E-state index contributed by atoms with van der Waals surface area (Å²) < 4.78 is 5.50. The Labute approximate surface area is 162 Å². The van der Waals surface area contributed by atoms with Crippen molar-refractivity contribution in [3.8, 4) is 11.4 Å². The summed E-state index contributed by atoms with van der Waals surface area (Å²) >= 11 is 0. The van der Waals surface area contributed by atoms with Crippen molar-refractivity contribution >= 4 is 5.82 Å². The van der Waals surface area contributed by atoms with Crippen LogP contribution in [0.2, 0.25) is 0 Å². The zero-order valence-electron chi connectivity index (χ0n) is 16.6. The average molecular weight is 370 g/mol. The molecule has 1 atom stereocenters. The van der Waals surface area contributed by atoms with Crippen LogP contribution in [0.5, 0.6) is 0 Å². The van der Waals surface area contributed by atoms with Crippen molar-refractivity contribution in [3.63, 3.8) is 0 Å². The molecule has 0 bridgehead atoms. The Morgan fingerprint density at radius 3 is 2.74 bits per heavy atom. The van der Waals surface area contributed by atoms with E-state index in [0.717, 1.165) is 36.9 Å².